The molecule has 276 valence electrons. The molecule has 1 aliphatic rings. The lowest BCUT2D eigenvalue weighted by Gasteiger charge is -2.31. The molecule has 9 aromatic rings. The zero-order valence-electron chi connectivity index (χ0n) is 30.5. The molecule has 0 bridgehead atoms. The second-order valence-electron chi connectivity index (χ2n) is 14.6. The van der Waals surface area contributed by atoms with Gasteiger partial charge in [-0.1, -0.05) is 54.6 Å². The van der Waals surface area contributed by atoms with Crippen molar-refractivity contribution in [3.8, 4) is 17.2 Å². The molecule has 57 heavy (non-hydrogen) atoms. The molecule has 0 saturated heterocycles. The van der Waals surface area contributed by atoms with E-state index in [-0.39, 0.29) is 19.3 Å². The molecular weight excluding hydrogens is 715 g/mol. The monoisotopic (exact) mass is 747 g/mol. The molecule has 0 spiro atoms. The second kappa shape index (κ2) is 14.1. The normalized spacial score (nSPS) is 16.9. The molecule has 0 radical (unpaired) electrons. The number of hydrogen-bond donors (Lipinski definition) is 0. The van der Waals surface area contributed by atoms with Crippen molar-refractivity contribution in [3.63, 3.8) is 0 Å². The Labute approximate surface area is 325 Å². The molecule has 0 aliphatic heterocycles. The van der Waals surface area contributed by atoms with Gasteiger partial charge >= 0.3 is 17.9 Å². The summed E-state index contributed by atoms with van der Waals surface area (Å²) in [5, 5.41) is 8.46. The number of hydrogen-bond acceptors (Lipinski definition) is 9. The summed E-state index contributed by atoms with van der Waals surface area (Å²) >= 11 is 0. The van der Waals surface area contributed by atoms with Crippen molar-refractivity contribution >= 4 is 82.9 Å². The van der Waals surface area contributed by atoms with Crippen molar-refractivity contribution in [1.29, 1.82) is 0 Å². The molecule has 3 aromatic heterocycles. The Morgan fingerprint density at radius 1 is 0.386 bits per heavy atom. The van der Waals surface area contributed by atoms with E-state index >= 15 is 0 Å². The minimum atomic E-state index is -0.772. The first kappa shape index (κ1) is 34.2. The van der Waals surface area contributed by atoms with Gasteiger partial charge in [0.15, 0.2) is 0 Å². The molecule has 1 saturated carbocycles. The predicted molar refractivity (Wildman–Crippen MR) is 219 cm³/mol. The van der Waals surface area contributed by atoms with Gasteiger partial charge < -0.3 is 14.2 Å². The Hall–Kier alpha value is -7.26. The van der Waals surface area contributed by atoms with Gasteiger partial charge in [-0.25, -0.2) is 0 Å². The number of ether oxygens (including phenoxy) is 3. The highest BCUT2D eigenvalue weighted by Gasteiger charge is 2.41. The van der Waals surface area contributed by atoms with Gasteiger partial charge in [0.25, 0.3) is 0 Å². The summed E-state index contributed by atoms with van der Waals surface area (Å²) in [5.41, 5.74) is 2.57. The number of pyridine rings is 3. The Balaban J connectivity index is 0.917. The quantitative estimate of drug-likeness (QED) is 0.0931. The van der Waals surface area contributed by atoms with Crippen molar-refractivity contribution < 1.29 is 28.6 Å². The molecule has 9 nitrogen and oxygen atoms in total. The number of esters is 3. The zero-order chi connectivity index (χ0) is 38.5. The van der Waals surface area contributed by atoms with Crippen LogP contribution in [-0.4, -0.2) is 32.9 Å². The standard InChI is InChI=1S/C48H33N3O6/c52-46(55-37-13-16-40-31(25-37)10-7-28-4-1-19-49-43(28)40)34-22-35(47(53)56-38-14-17-41-32(26-38)11-8-29-5-2-20-50-44(29)41)24-36(23-34)48(54)57-39-15-18-42-33(27-39)12-9-30-6-3-21-51-45(30)42/h1-21,25-27,34-36H,22-24H2. The predicted octanol–water partition coefficient (Wildman–Crippen LogP) is 9.94. The van der Waals surface area contributed by atoms with E-state index in [1.54, 1.807) is 55.0 Å². The molecular formula is C48H33N3O6. The van der Waals surface area contributed by atoms with E-state index in [4.69, 9.17) is 14.2 Å². The van der Waals surface area contributed by atoms with Crippen LogP contribution in [0.2, 0.25) is 0 Å². The Morgan fingerprint density at radius 2 is 0.684 bits per heavy atom. The van der Waals surface area contributed by atoms with Crippen LogP contribution in [0, 0.1) is 17.8 Å². The molecule has 1 fully saturated rings. The maximum absolute atomic E-state index is 13.9. The summed E-state index contributed by atoms with van der Waals surface area (Å²) in [6.07, 6.45) is 5.71. The number of carbonyl (C=O) groups is 3. The number of fused-ring (bicyclic) bond motifs is 9. The summed E-state index contributed by atoms with van der Waals surface area (Å²) in [5.74, 6) is -2.81. The van der Waals surface area contributed by atoms with Crippen LogP contribution in [0.5, 0.6) is 17.2 Å². The minimum Gasteiger partial charge on any atom is -0.426 e. The average Bonchev–Trinajstić information content (AvgIpc) is 3.25. The van der Waals surface area contributed by atoms with Gasteiger partial charge in [-0.2, -0.15) is 0 Å². The molecule has 6 aromatic carbocycles. The number of carbonyl (C=O) groups excluding carboxylic acids is 3. The fourth-order valence-corrected chi connectivity index (χ4v) is 8.24. The van der Waals surface area contributed by atoms with Crippen molar-refractivity contribution in [2.24, 2.45) is 17.8 Å². The summed E-state index contributed by atoms with van der Waals surface area (Å²) in [4.78, 5) is 55.4. The van der Waals surface area contributed by atoms with Gasteiger partial charge in [-0.05, 0) is 108 Å². The van der Waals surface area contributed by atoms with Crippen LogP contribution in [0.3, 0.4) is 0 Å². The van der Waals surface area contributed by atoms with Crippen LogP contribution >= 0.6 is 0 Å². The highest BCUT2D eigenvalue weighted by atomic mass is 16.5. The zero-order valence-corrected chi connectivity index (χ0v) is 30.5. The van der Waals surface area contributed by atoms with E-state index in [1.807, 2.05) is 91.0 Å². The lowest BCUT2D eigenvalue weighted by atomic mass is 9.75. The van der Waals surface area contributed by atoms with E-state index in [9.17, 15) is 14.4 Å². The van der Waals surface area contributed by atoms with E-state index in [1.165, 1.54) is 0 Å². The van der Waals surface area contributed by atoms with Crippen molar-refractivity contribution in [2.75, 3.05) is 0 Å². The van der Waals surface area contributed by atoms with Gasteiger partial charge in [0.2, 0.25) is 0 Å². The number of aromatic nitrogens is 3. The smallest absolute Gasteiger partial charge is 0.314 e. The van der Waals surface area contributed by atoms with E-state index in [0.717, 1.165) is 65.0 Å². The molecule has 0 N–H and O–H groups in total. The first-order valence-electron chi connectivity index (χ1n) is 18.9. The lowest BCUT2D eigenvalue weighted by Crippen LogP contribution is -2.39. The highest BCUT2D eigenvalue weighted by molar-refractivity contribution is 6.07. The summed E-state index contributed by atoms with van der Waals surface area (Å²) in [6.45, 7) is 0. The fraction of sp³-hybridized carbons (Fsp3) is 0.125. The first-order chi connectivity index (χ1) is 27.9. The van der Waals surface area contributed by atoms with Crippen molar-refractivity contribution in [1.82, 2.24) is 15.0 Å². The van der Waals surface area contributed by atoms with Gasteiger partial charge in [-0.15, -0.1) is 0 Å². The molecule has 3 heterocycles. The van der Waals surface area contributed by atoms with Gasteiger partial charge in [-0.3, -0.25) is 29.3 Å². The Kier molecular flexibility index (Phi) is 8.48. The molecule has 0 unspecified atom stereocenters. The average molecular weight is 748 g/mol. The van der Waals surface area contributed by atoms with Crippen molar-refractivity contribution in [2.45, 2.75) is 19.3 Å². The maximum atomic E-state index is 13.9. The maximum Gasteiger partial charge on any atom is 0.314 e. The minimum absolute atomic E-state index is 0.155. The fourth-order valence-electron chi connectivity index (χ4n) is 8.24. The van der Waals surface area contributed by atoms with Gasteiger partial charge in [0.05, 0.1) is 34.3 Å². The van der Waals surface area contributed by atoms with Crippen LogP contribution in [0.15, 0.2) is 146 Å². The lowest BCUT2D eigenvalue weighted by molar-refractivity contribution is -0.150. The van der Waals surface area contributed by atoms with E-state index < -0.39 is 35.7 Å². The van der Waals surface area contributed by atoms with Gasteiger partial charge in [0.1, 0.15) is 17.2 Å². The third-order valence-electron chi connectivity index (χ3n) is 11.0. The molecule has 10 rings (SSSR count). The highest BCUT2D eigenvalue weighted by Crippen LogP contribution is 2.38. The largest absolute Gasteiger partial charge is 0.426 e. The first-order valence-corrected chi connectivity index (χ1v) is 18.9. The molecule has 9 heteroatoms. The summed E-state index contributed by atoms with van der Waals surface area (Å²) in [7, 11) is 0. The summed E-state index contributed by atoms with van der Waals surface area (Å²) < 4.78 is 17.9. The van der Waals surface area contributed by atoms with Crippen LogP contribution in [0.25, 0.3) is 65.0 Å². The van der Waals surface area contributed by atoms with Crippen LogP contribution in [-0.2, 0) is 14.4 Å². The van der Waals surface area contributed by atoms with E-state index in [0.29, 0.717) is 17.2 Å². The second-order valence-corrected chi connectivity index (χ2v) is 14.6. The van der Waals surface area contributed by atoms with Crippen molar-refractivity contribution in [3.05, 3.63) is 146 Å². The molecule has 0 atom stereocenters. The SMILES string of the molecule is O=C(Oc1ccc2c(ccc3cccnc32)c1)C1CC(C(=O)Oc2ccc3c(ccc4cccnc43)c2)CC(C(=O)Oc2ccc3c(ccc4cccnc43)c2)C1. The molecule has 1 aliphatic carbocycles. The van der Waals surface area contributed by atoms with E-state index in [2.05, 4.69) is 15.0 Å². The number of rotatable bonds is 6. The Morgan fingerprint density at radius 3 is 1.00 bits per heavy atom. The van der Waals surface area contributed by atoms with Gasteiger partial charge in [0, 0.05) is 50.9 Å². The van der Waals surface area contributed by atoms with Crippen LogP contribution in [0.1, 0.15) is 19.3 Å². The topological polar surface area (TPSA) is 118 Å². The molecule has 0 amide bonds. The third kappa shape index (κ3) is 6.53. The summed E-state index contributed by atoms with van der Waals surface area (Å²) in [6, 6.07) is 39.8. The third-order valence-corrected chi connectivity index (χ3v) is 11.0. The van der Waals surface area contributed by atoms with Crippen LogP contribution < -0.4 is 14.2 Å². The number of benzene rings is 6. The number of nitrogens with zero attached hydrogens (tertiary/aromatic N) is 3. The Bertz CT molecular complexity index is 2750. The van der Waals surface area contributed by atoms with Crippen LogP contribution in [0.4, 0.5) is 0 Å².